The zero-order valence-corrected chi connectivity index (χ0v) is 15.3. The van der Waals surface area contributed by atoms with Crippen molar-refractivity contribution in [2.75, 3.05) is 43.2 Å². The average molecular weight is 395 g/mol. The number of hydrogen-bond donors (Lipinski definition) is 0. The number of rotatable bonds is 5. The maximum atomic E-state index is 12.9. The normalized spacial score (nSPS) is 14.8. The van der Waals surface area contributed by atoms with Gasteiger partial charge in [0.2, 0.25) is 0 Å². The van der Waals surface area contributed by atoms with Gasteiger partial charge in [-0.2, -0.15) is 13.2 Å². The second-order valence-corrected chi connectivity index (χ2v) is 6.54. The van der Waals surface area contributed by atoms with E-state index in [9.17, 15) is 23.3 Å². The Labute approximate surface area is 160 Å². The molecule has 0 spiro atoms. The number of para-hydroxylation sites is 1. The zero-order chi connectivity index (χ0) is 20.3. The maximum Gasteiger partial charge on any atom is 0.416 e. The maximum absolute atomic E-state index is 12.9. The van der Waals surface area contributed by atoms with Crippen molar-refractivity contribution in [2.24, 2.45) is 0 Å². The summed E-state index contributed by atoms with van der Waals surface area (Å²) in [7, 11) is 1.63. The van der Waals surface area contributed by atoms with Crippen LogP contribution in [-0.2, 0) is 17.5 Å². The van der Waals surface area contributed by atoms with E-state index in [1.165, 1.54) is 0 Å². The second kappa shape index (κ2) is 8.05. The Kier molecular flexibility index (Phi) is 5.73. The van der Waals surface area contributed by atoms with Crippen molar-refractivity contribution in [1.29, 1.82) is 0 Å². The first-order chi connectivity index (χ1) is 13.3. The van der Waals surface area contributed by atoms with Crippen LogP contribution in [0, 0.1) is 10.1 Å². The van der Waals surface area contributed by atoms with Gasteiger partial charge in [0.1, 0.15) is 5.69 Å². The van der Waals surface area contributed by atoms with Gasteiger partial charge in [-0.25, -0.2) is 0 Å². The van der Waals surface area contributed by atoms with Crippen molar-refractivity contribution in [2.45, 2.75) is 12.7 Å². The highest BCUT2D eigenvalue weighted by Crippen LogP contribution is 2.37. The number of benzene rings is 2. The average Bonchev–Trinajstić information content (AvgIpc) is 2.68. The minimum absolute atomic E-state index is 0.134. The molecule has 28 heavy (non-hydrogen) atoms. The highest BCUT2D eigenvalue weighted by Gasteiger charge is 2.33. The van der Waals surface area contributed by atoms with Crippen LogP contribution in [-0.4, -0.2) is 38.3 Å². The summed E-state index contributed by atoms with van der Waals surface area (Å²) in [5, 5.41) is 11.4. The number of anilines is 2. The van der Waals surface area contributed by atoms with E-state index >= 15 is 0 Å². The standard InChI is InChI=1S/C19H20F3N3O3/c1-23(17-7-6-15(19(20,21)22)12-18(17)25(26)27)13-14-4-2-3-5-16(14)24-8-10-28-11-9-24/h2-7,12H,8-11,13H2,1H3. The molecule has 6 nitrogen and oxygen atoms in total. The first-order valence-corrected chi connectivity index (χ1v) is 8.75. The molecular formula is C19H20F3N3O3. The van der Waals surface area contributed by atoms with Gasteiger partial charge in [0.15, 0.2) is 0 Å². The molecule has 0 aromatic heterocycles. The third-order valence-corrected chi connectivity index (χ3v) is 4.66. The molecule has 1 saturated heterocycles. The summed E-state index contributed by atoms with van der Waals surface area (Å²) in [5.74, 6) is 0. The van der Waals surface area contributed by atoms with Crippen molar-refractivity contribution >= 4 is 17.1 Å². The lowest BCUT2D eigenvalue weighted by atomic mass is 10.1. The van der Waals surface area contributed by atoms with Crippen LogP contribution in [0.25, 0.3) is 0 Å². The number of morpholine rings is 1. The predicted octanol–water partition coefficient (Wildman–Crippen LogP) is 4.09. The van der Waals surface area contributed by atoms with E-state index in [1.54, 1.807) is 11.9 Å². The summed E-state index contributed by atoms with van der Waals surface area (Å²) in [4.78, 5) is 14.3. The number of halogens is 3. The Morgan fingerprint density at radius 1 is 1.18 bits per heavy atom. The van der Waals surface area contributed by atoms with E-state index in [4.69, 9.17) is 4.74 Å². The first kappa shape index (κ1) is 19.9. The number of hydrogen-bond acceptors (Lipinski definition) is 5. The minimum Gasteiger partial charge on any atom is -0.378 e. The molecule has 0 bridgehead atoms. The lowest BCUT2D eigenvalue weighted by Gasteiger charge is -2.31. The van der Waals surface area contributed by atoms with Crippen LogP contribution in [0.15, 0.2) is 42.5 Å². The van der Waals surface area contributed by atoms with Crippen molar-refractivity contribution in [3.63, 3.8) is 0 Å². The lowest BCUT2D eigenvalue weighted by molar-refractivity contribution is -0.384. The summed E-state index contributed by atoms with van der Waals surface area (Å²) >= 11 is 0. The first-order valence-electron chi connectivity index (χ1n) is 8.75. The summed E-state index contributed by atoms with van der Waals surface area (Å²) < 4.78 is 44.1. The molecule has 1 fully saturated rings. The molecule has 1 aliphatic heterocycles. The molecule has 0 aliphatic carbocycles. The SMILES string of the molecule is CN(Cc1ccccc1N1CCOCC1)c1ccc(C(F)(F)F)cc1[N+](=O)[O-]. The molecule has 150 valence electrons. The van der Waals surface area contributed by atoms with E-state index in [2.05, 4.69) is 4.90 Å². The Bertz CT molecular complexity index is 852. The highest BCUT2D eigenvalue weighted by molar-refractivity contribution is 5.65. The van der Waals surface area contributed by atoms with Crippen LogP contribution >= 0.6 is 0 Å². The van der Waals surface area contributed by atoms with E-state index in [1.807, 2.05) is 24.3 Å². The molecule has 0 radical (unpaired) electrons. The van der Waals surface area contributed by atoms with Gasteiger partial charge >= 0.3 is 6.18 Å². The molecule has 0 N–H and O–H groups in total. The van der Waals surface area contributed by atoms with Gasteiger partial charge in [0.05, 0.1) is 23.7 Å². The predicted molar refractivity (Wildman–Crippen MR) is 99.7 cm³/mol. The van der Waals surface area contributed by atoms with Gasteiger partial charge in [0, 0.05) is 38.4 Å². The third-order valence-electron chi connectivity index (χ3n) is 4.66. The molecular weight excluding hydrogens is 375 g/mol. The van der Waals surface area contributed by atoms with E-state index in [0.29, 0.717) is 25.8 Å². The van der Waals surface area contributed by atoms with Crippen molar-refractivity contribution in [1.82, 2.24) is 0 Å². The van der Waals surface area contributed by atoms with Gasteiger partial charge in [-0.15, -0.1) is 0 Å². The minimum atomic E-state index is -4.63. The molecule has 3 rings (SSSR count). The highest BCUT2D eigenvalue weighted by atomic mass is 19.4. The van der Waals surface area contributed by atoms with Crippen LogP contribution in [0.5, 0.6) is 0 Å². The van der Waals surface area contributed by atoms with Gasteiger partial charge in [-0.1, -0.05) is 18.2 Å². The fourth-order valence-corrected chi connectivity index (χ4v) is 3.27. The molecule has 2 aromatic rings. The Morgan fingerprint density at radius 3 is 2.50 bits per heavy atom. The quantitative estimate of drug-likeness (QED) is 0.564. The molecule has 0 saturated carbocycles. The van der Waals surface area contributed by atoms with Crippen molar-refractivity contribution < 1.29 is 22.8 Å². The van der Waals surface area contributed by atoms with Gasteiger partial charge < -0.3 is 14.5 Å². The summed E-state index contributed by atoms with van der Waals surface area (Å²) in [6.07, 6.45) is -4.63. The Balaban J connectivity index is 1.89. The number of nitro groups is 1. The second-order valence-electron chi connectivity index (χ2n) is 6.54. The Hall–Kier alpha value is -2.81. The third kappa shape index (κ3) is 4.36. The number of alkyl halides is 3. The number of nitrogens with zero attached hydrogens (tertiary/aromatic N) is 3. The number of ether oxygens (including phenoxy) is 1. The molecule has 2 aromatic carbocycles. The van der Waals surface area contributed by atoms with Crippen LogP contribution in [0.2, 0.25) is 0 Å². The molecule has 0 atom stereocenters. The molecule has 1 heterocycles. The van der Waals surface area contributed by atoms with Gasteiger partial charge in [-0.3, -0.25) is 10.1 Å². The summed E-state index contributed by atoms with van der Waals surface area (Å²) in [6.45, 7) is 3.03. The molecule has 9 heteroatoms. The van der Waals surface area contributed by atoms with Crippen LogP contribution in [0.3, 0.4) is 0 Å². The largest absolute Gasteiger partial charge is 0.416 e. The van der Waals surface area contributed by atoms with E-state index < -0.39 is 22.4 Å². The summed E-state index contributed by atoms with van der Waals surface area (Å²) in [5.41, 5.74) is 0.453. The number of nitro benzene ring substituents is 1. The zero-order valence-electron chi connectivity index (χ0n) is 15.3. The van der Waals surface area contributed by atoms with Crippen LogP contribution < -0.4 is 9.80 Å². The monoisotopic (exact) mass is 395 g/mol. The topological polar surface area (TPSA) is 58.8 Å². The van der Waals surface area contributed by atoms with Crippen LogP contribution in [0.4, 0.5) is 30.2 Å². The van der Waals surface area contributed by atoms with E-state index in [-0.39, 0.29) is 5.69 Å². The van der Waals surface area contributed by atoms with Crippen molar-refractivity contribution in [3.8, 4) is 0 Å². The smallest absolute Gasteiger partial charge is 0.378 e. The van der Waals surface area contributed by atoms with E-state index in [0.717, 1.165) is 36.5 Å². The van der Waals surface area contributed by atoms with Crippen molar-refractivity contribution in [3.05, 3.63) is 63.7 Å². The fraction of sp³-hybridized carbons (Fsp3) is 0.368. The van der Waals surface area contributed by atoms with Crippen LogP contribution in [0.1, 0.15) is 11.1 Å². The van der Waals surface area contributed by atoms with Gasteiger partial charge in [-0.05, 0) is 23.8 Å². The molecule has 0 amide bonds. The Morgan fingerprint density at radius 2 is 1.86 bits per heavy atom. The molecule has 1 aliphatic rings. The fourth-order valence-electron chi connectivity index (χ4n) is 3.27. The van der Waals surface area contributed by atoms with Gasteiger partial charge in [0.25, 0.3) is 5.69 Å². The molecule has 0 unspecified atom stereocenters. The summed E-state index contributed by atoms with van der Waals surface area (Å²) in [6, 6.07) is 10.3. The lowest BCUT2D eigenvalue weighted by Crippen LogP contribution is -2.37.